The first-order valence-corrected chi connectivity index (χ1v) is 7.49. The van der Waals surface area contributed by atoms with E-state index in [0.29, 0.717) is 0 Å². The van der Waals surface area contributed by atoms with Crippen LogP contribution in [-0.4, -0.2) is 16.0 Å². The maximum atomic E-state index is 6.29. The average Bonchev–Trinajstić information content (AvgIpc) is 3.05. The van der Waals surface area contributed by atoms with Crippen molar-refractivity contribution < 1.29 is 0 Å². The highest BCUT2D eigenvalue weighted by Gasteiger charge is 2.30. The smallest absolute Gasteiger partial charge is 0.138 e. The number of benzene rings is 1. The summed E-state index contributed by atoms with van der Waals surface area (Å²) in [4.78, 5) is 9.66. The molecule has 4 nitrogen and oxygen atoms in total. The second-order valence-corrected chi connectivity index (χ2v) is 5.95. The molecule has 2 atom stereocenters. The Morgan fingerprint density at radius 3 is 3.05 bits per heavy atom. The number of nitrogens with one attached hydrogen (secondary N) is 1. The number of anilines is 1. The van der Waals surface area contributed by atoms with E-state index < -0.39 is 0 Å². The minimum Gasteiger partial charge on any atom is -0.361 e. The van der Waals surface area contributed by atoms with Gasteiger partial charge in [-0.2, -0.15) is 0 Å². The number of rotatable bonds is 2. The molecule has 3 aromatic rings. The zero-order valence-electron chi connectivity index (χ0n) is 10.8. The van der Waals surface area contributed by atoms with Crippen LogP contribution in [0.25, 0.3) is 10.2 Å². The Hall–Kier alpha value is -1.98. The molecule has 0 radical (unpaired) electrons. The van der Waals surface area contributed by atoms with Crippen LogP contribution in [0.2, 0.25) is 0 Å². The maximum absolute atomic E-state index is 6.29. The van der Waals surface area contributed by atoms with Crippen LogP contribution in [0.3, 0.4) is 0 Å². The van der Waals surface area contributed by atoms with E-state index in [9.17, 15) is 0 Å². The molecule has 0 aliphatic heterocycles. The topological polar surface area (TPSA) is 63.8 Å². The van der Waals surface area contributed by atoms with Crippen LogP contribution in [0.1, 0.15) is 17.2 Å². The van der Waals surface area contributed by atoms with E-state index in [2.05, 4.69) is 45.6 Å². The largest absolute Gasteiger partial charge is 0.361 e. The summed E-state index contributed by atoms with van der Waals surface area (Å²) < 4.78 is 0. The molecule has 0 spiro atoms. The minimum absolute atomic E-state index is 0.0797. The molecule has 1 aromatic carbocycles. The Bertz CT molecular complexity index is 767. The number of hydrogen-bond donors (Lipinski definition) is 2. The summed E-state index contributed by atoms with van der Waals surface area (Å²) in [6.07, 6.45) is 2.51. The van der Waals surface area contributed by atoms with Crippen molar-refractivity contribution >= 4 is 27.4 Å². The molecular weight excluding hydrogens is 268 g/mol. The van der Waals surface area contributed by atoms with Gasteiger partial charge in [0.25, 0.3) is 0 Å². The third-order valence-corrected chi connectivity index (χ3v) is 4.65. The predicted molar refractivity (Wildman–Crippen MR) is 81.9 cm³/mol. The summed E-state index contributed by atoms with van der Waals surface area (Å²) in [6, 6.07) is 10.7. The summed E-state index contributed by atoms with van der Waals surface area (Å²) in [5, 5.41) is 6.61. The second kappa shape index (κ2) is 4.54. The third kappa shape index (κ3) is 1.78. The lowest BCUT2D eigenvalue weighted by molar-refractivity contribution is 0.624. The molecular formula is C15H14N4S. The molecule has 2 unspecified atom stereocenters. The van der Waals surface area contributed by atoms with Crippen LogP contribution in [0, 0.1) is 0 Å². The van der Waals surface area contributed by atoms with Crippen LogP contribution in [-0.2, 0) is 6.42 Å². The van der Waals surface area contributed by atoms with Gasteiger partial charge >= 0.3 is 0 Å². The first-order chi connectivity index (χ1) is 9.83. The van der Waals surface area contributed by atoms with E-state index in [1.165, 1.54) is 11.1 Å². The molecule has 2 heterocycles. The van der Waals surface area contributed by atoms with Gasteiger partial charge < -0.3 is 11.1 Å². The first kappa shape index (κ1) is 11.8. The summed E-state index contributed by atoms with van der Waals surface area (Å²) >= 11 is 1.62. The molecule has 1 aliphatic rings. The fourth-order valence-electron chi connectivity index (χ4n) is 2.86. The highest BCUT2D eigenvalue weighted by atomic mass is 32.1. The van der Waals surface area contributed by atoms with Gasteiger partial charge in [0.1, 0.15) is 17.0 Å². The minimum atomic E-state index is 0.0797. The highest BCUT2D eigenvalue weighted by Crippen LogP contribution is 2.34. The SMILES string of the molecule is NC1Cc2ccccc2C1Nc1ncnc2sccc12. The molecule has 0 fully saturated rings. The summed E-state index contributed by atoms with van der Waals surface area (Å²) in [5.74, 6) is 0.869. The molecule has 1 aliphatic carbocycles. The fourth-order valence-corrected chi connectivity index (χ4v) is 3.60. The van der Waals surface area contributed by atoms with E-state index in [0.717, 1.165) is 22.5 Å². The molecule has 0 saturated heterocycles. The van der Waals surface area contributed by atoms with E-state index in [4.69, 9.17) is 5.73 Å². The van der Waals surface area contributed by atoms with Crippen molar-refractivity contribution in [2.24, 2.45) is 5.73 Å². The Labute approximate surface area is 120 Å². The maximum Gasteiger partial charge on any atom is 0.138 e. The van der Waals surface area contributed by atoms with Crippen molar-refractivity contribution in [1.82, 2.24) is 9.97 Å². The van der Waals surface area contributed by atoms with E-state index in [1.807, 2.05) is 5.38 Å². The molecule has 5 heteroatoms. The average molecular weight is 282 g/mol. The van der Waals surface area contributed by atoms with Crippen LogP contribution in [0.15, 0.2) is 42.0 Å². The Morgan fingerprint density at radius 2 is 2.10 bits per heavy atom. The lowest BCUT2D eigenvalue weighted by atomic mass is 10.1. The molecule has 3 N–H and O–H groups in total. The molecule has 0 bridgehead atoms. The monoisotopic (exact) mass is 282 g/mol. The molecule has 0 amide bonds. The number of nitrogens with zero attached hydrogens (tertiary/aromatic N) is 2. The third-order valence-electron chi connectivity index (χ3n) is 3.83. The van der Waals surface area contributed by atoms with Gasteiger partial charge in [0.15, 0.2) is 0 Å². The molecule has 20 heavy (non-hydrogen) atoms. The fraction of sp³-hybridized carbons (Fsp3) is 0.200. The Balaban J connectivity index is 1.74. The van der Waals surface area contributed by atoms with Crippen molar-refractivity contribution in [1.29, 1.82) is 0 Å². The van der Waals surface area contributed by atoms with Crippen molar-refractivity contribution in [3.8, 4) is 0 Å². The number of nitrogens with two attached hydrogens (primary N) is 1. The number of aromatic nitrogens is 2. The number of hydrogen-bond acceptors (Lipinski definition) is 5. The second-order valence-electron chi connectivity index (χ2n) is 5.05. The summed E-state index contributed by atoms with van der Waals surface area (Å²) in [5.41, 5.74) is 8.90. The Kier molecular flexibility index (Phi) is 2.68. The molecule has 4 rings (SSSR count). The standard InChI is InChI=1S/C15H14N4S/c16-12-7-9-3-1-2-4-10(9)13(12)19-14-11-5-6-20-15(11)18-8-17-14/h1-6,8,12-13H,7,16H2,(H,17,18,19). The van der Waals surface area contributed by atoms with Crippen molar-refractivity contribution in [2.45, 2.75) is 18.5 Å². The van der Waals surface area contributed by atoms with Gasteiger partial charge in [-0.3, -0.25) is 0 Å². The van der Waals surface area contributed by atoms with Crippen LogP contribution < -0.4 is 11.1 Å². The van der Waals surface area contributed by atoms with Crippen LogP contribution >= 0.6 is 11.3 Å². The number of fused-ring (bicyclic) bond motifs is 2. The number of thiophene rings is 1. The Morgan fingerprint density at radius 1 is 1.20 bits per heavy atom. The quantitative estimate of drug-likeness (QED) is 0.758. The summed E-state index contributed by atoms with van der Waals surface area (Å²) in [7, 11) is 0. The van der Waals surface area contributed by atoms with Gasteiger partial charge in [-0.25, -0.2) is 9.97 Å². The van der Waals surface area contributed by atoms with Crippen LogP contribution in [0.4, 0.5) is 5.82 Å². The van der Waals surface area contributed by atoms with Gasteiger partial charge in [0.05, 0.1) is 11.4 Å². The first-order valence-electron chi connectivity index (χ1n) is 6.61. The van der Waals surface area contributed by atoms with Gasteiger partial charge in [-0.1, -0.05) is 24.3 Å². The zero-order valence-corrected chi connectivity index (χ0v) is 11.6. The van der Waals surface area contributed by atoms with Gasteiger partial charge in [0, 0.05) is 6.04 Å². The molecule has 2 aromatic heterocycles. The van der Waals surface area contributed by atoms with Crippen LogP contribution in [0.5, 0.6) is 0 Å². The summed E-state index contributed by atoms with van der Waals surface area (Å²) in [6.45, 7) is 0. The molecule has 0 saturated carbocycles. The normalized spacial score (nSPS) is 21.1. The van der Waals surface area contributed by atoms with Crippen molar-refractivity contribution in [3.63, 3.8) is 0 Å². The van der Waals surface area contributed by atoms with E-state index in [1.54, 1.807) is 17.7 Å². The lowest BCUT2D eigenvalue weighted by Gasteiger charge is -2.19. The zero-order chi connectivity index (χ0) is 13.5. The van der Waals surface area contributed by atoms with Crippen molar-refractivity contribution in [3.05, 3.63) is 53.2 Å². The molecule has 100 valence electrons. The van der Waals surface area contributed by atoms with Gasteiger partial charge in [-0.15, -0.1) is 11.3 Å². The van der Waals surface area contributed by atoms with E-state index >= 15 is 0 Å². The highest BCUT2D eigenvalue weighted by molar-refractivity contribution is 7.16. The van der Waals surface area contributed by atoms with Crippen molar-refractivity contribution in [2.75, 3.05) is 5.32 Å². The van der Waals surface area contributed by atoms with Gasteiger partial charge in [0.2, 0.25) is 0 Å². The predicted octanol–water partition coefficient (Wildman–Crippen LogP) is 2.73. The van der Waals surface area contributed by atoms with E-state index in [-0.39, 0.29) is 12.1 Å². The van der Waals surface area contributed by atoms with Gasteiger partial charge in [-0.05, 0) is 29.0 Å². The lowest BCUT2D eigenvalue weighted by Crippen LogP contribution is -2.30.